The van der Waals surface area contributed by atoms with Crippen molar-refractivity contribution in [1.29, 1.82) is 0 Å². The lowest BCUT2D eigenvalue weighted by molar-refractivity contribution is 0.379. The summed E-state index contributed by atoms with van der Waals surface area (Å²) in [4.78, 5) is 7.89. The van der Waals surface area contributed by atoms with E-state index in [-0.39, 0.29) is 12.1 Å². The minimum absolute atomic E-state index is 0.00382. The van der Waals surface area contributed by atoms with Gasteiger partial charge in [0.15, 0.2) is 0 Å². The number of hydrogen-bond acceptors (Lipinski definition) is 5. The van der Waals surface area contributed by atoms with Crippen LogP contribution in [0.15, 0.2) is 12.5 Å². The Hall–Kier alpha value is -0.920. The van der Waals surface area contributed by atoms with Gasteiger partial charge in [0.2, 0.25) is 10.0 Å². The van der Waals surface area contributed by atoms with Crippen molar-refractivity contribution in [2.75, 3.05) is 11.6 Å². The molecule has 1 aliphatic rings. The topological polar surface area (TPSA) is 84.0 Å². The number of aromatic nitrogens is 2. The van der Waals surface area contributed by atoms with Crippen molar-refractivity contribution in [2.45, 2.75) is 37.8 Å². The van der Waals surface area contributed by atoms with Crippen LogP contribution in [-0.2, 0) is 10.0 Å². The average molecular weight is 305 g/mol. The molecule has 106 valence electrons. The van der Waals surface area contributed by atoms with E-state index in [9.17, 15) is 8.42 Å². The van der Waals surface area contributed by atoms with E-state index in [1.54, 1.807) is 0 Å². The second-order valence-electron chi connectivity index (χ2n) is 4.75. The molecule has 1 aromatic heterocycles. The summed E-state index contributed by atoms with van der Waals surface area (Å²) < 4.78 is 25.4. The molecule has 0 aliphatic heterocycles. The van der Waals surface area contributed by atoms with Crippen molar-refractivity contribution in [3.05, 3.63) is 17.5 Å². The highest BCUT2D eigenvalue weighted by molar-refractivity contribution is 7.88. The highest BCUT2D eigenvalue weighted by Crippen LogP contribution is 2.25. The van der Waals surface area contributed by atoms with Gasteiger partial charge in [-0.1, -0.05) is 24.4 Å². The summed E-state index contributed by atoms with van der Waals surface area (Å²) in [6.45, 7) is 0. The lowest BCUT2D eigenvalue weighted by Gasteiger charge is -2.32. The van der Waals surface area contributed by atoms with Gasteiger partial charge >= 0.3 is 0 Å². The standard InChI is InChI=1S/C11H17ClN4O2S/c1-19(17,18)16-10-5-3-2-4-9(10)15-11-8(12)6-13-7-14-11/h6-7,9-10,16H,2-5H2,1H3,(H,13,14,15)/t9-,10-/m1/s1. The highest BCUT2D eigenvalue weighted by Gasteiger charge is 2.28. The van der Waals surface area contributed by atoms with Gasteiger partial charge in [-0.05, 0) is 12.8 Å². The Morgan fingerprint density at radius 1 is 1.32 bits per heavy atom. The smallest absolute Gasteiger partial charge is 0.209 e. The fraction of sp³-hybridized carbons (Fsp3) is 0.636. The van der Waals surface area contributed by atoms with Crippen LogP contribution < -0.4 is 10.0 Å². The van der Waals surface area contributed by atoms with Gasteiger partial charge in [0, 0.05) is 12.1 Å². The molecule has 0 bridgehead atoms. The Labute approximate surface area is 118 Å². The monoisotopic (exact) mass is 304 g/mol. The van der Waals surface area contributed by atoms with Crippen LogP contribution in [0, 0.1) is 0 Å². The molecule has 2 N–H and O–H groups in total. The SMILES string of the molecule is CS(=O)(=O)N[C@@H]1CCCC[C@H]1Nc1ncncc1Cl. The van der Waals surface area contributed by atoms with Gasteiger partial charge in [0.05, 0.1) is 12.5 Å². The molecule has 1 heterocycles. The van der Waals surface area contributed by atoms with Crippen LogP contribution in [0.1, 0.15) is 25.7 Å². The first-order valence-electron chi connectivity index (χ1n) is 6.15. The molecule has 2 rings (SSSR count). The summed E-state index contributed by atoms with van der Waals surface area (Å²) in [5, 5.41) is 3.65. The molecule has 19 heavy (non-hydrogen) atoms. The second-order valence-corrected chi connectivity index (χ2v) is 6.94. The second kappa shape index (κ2) is 6.02. The molecule has 0 spiro atoms. The van der Waals surface area contributed by atoms with E-state index < -0.39 is 10.0 Å². The fourth-order valence-electron chi connectivity index (χ4n) is 2.31. The normalized spacial score (nSPS) is 24.1. The van der Waals surface area contributed by atoms with E-state index >= 15 is 0 Å². The van der Waals surface area contributed by atoms with E-state index in [1.165, 1.54) is 18.8 Å². The third kappa shape index (κ3) is 4.29. The van der Waals surface area contributed by atoms with Crippen molar-refractivity contribution >= 4 is 27.4 Å². The molecule has 0 unspecified atom stereocenters. The van der Waals surface area contributed by atoms with Crippen molar-refractivity contribution in [3.8, 4) is 0 Å². The minimum Gasteiger partial charge on any atom is -0.364 e. The average Bonchev–Trinajstić information content (AvgIpc) is 2.33. The van der Waals surface area contributed by atoms with Crippen LogP contribution in [0.5, 0.6) is 0 Å². The summed E-state index contributed by atoms with van der Waals surface area (Å²) in [5.41, 5.74) is 0. The number of anilines is 1. The van der Waals surface area contributed by atoms with Crippen LogP contribution in [0.3, 0.4) is 0 Å². The molecule has 1 aliphatic carbocycles. The Kier molecular flexibility index (Phi) is 4.59. The number of hydrogen-bond donors (Lipinski definition) is 2. The van der Waals surface area contributed by atoms with E-state index in [0.29, 0.717) is 10.8 Å². The molecule has 2 atom stereocenters. The first-order chi connectivity index (χ1) is 8.96. The molecule has 1 fully saturated rings. The predicted octanol–water partition coefficient (Wildman–Crippen LogP) is 1.40. The molecule has 6 nitrogen and oxygen atoms in total. The fourth-order valence-corrected chi connectivity index (χ4v) is 3.31. The summed E-state index contributed by atoms with van der Waals surface area (Å²) in [6.07, 6.45) is 7.87. The molecule has 0 aromatic carbocycles. The van der Waals surface area contributed by atoms with Crippen molar-refractivity contribution < 1.29 is 8.42 Å². The van der Waals surface area contributed by atoms with Crippen LogP contribution >= 0.6 is 11.6 Å². The number of sulfonamides is 1. The number of nitrogens with zero attached hydrogens (tertiary/aromatic N) is 2. The van der Waals surface area contributed by atoms with E-state index in [1.807, 2.05) is 0 Å². The summed E-state index contributed by atoms with van der Waals surface area (Å²) >= 11 is 6.00. The molecule has 8 heteroatoms. The maximum absolute atomic E-state index is 11.4. The molecule has 1 aromatic rings. The molecular weight excluding hydrogens is 288 g/mol. The lowest BCUT2D eigenvalue weighted by Crippen LogP contribution is -2.48. The van der Waals surface area contributed by atoms with Gasteiger partial charge in [-0.2, -0.15) is 0 Å². The molecule has 1 saturated carbocycles. The predicted molar refractivity (Wildman–Crippen MR) is 74.7 cm³/mol. The van der Waals surface area contributed by atoms with Gasteiger partial charge in [0.25, 0.3) is 0 Å². The zero-order chi connectivity index (χ0) is 13.9. The van der Waals surface area contributed by atoms with Gasteiger partial charge < -0.3 is 5.32 Å². The lowest BCUT2D eigenvalue weighted by atomic mass is 9.91. The quantitative estimate of drug-likeness (QED) is 0.878. The van der Waals surface area contributed by atoms with Crippen molar-refractivity contribution in [1.82, 2.24) is 14.7 Å². The summed E-state index contributed by atoms with van der Waals surface area (Å²) in [6, 6.07) is -0.134. The zero-order valence-electron chi connectivity index (χ0n) is 10.6. The highest BCUT2D eigenvalue weighted by atomic mass is 35.5. The van der Waals surface area contributed by atoms with Crippen LogP contribution in [0.25, 0.3) is 0 Å². The summed E-state index contributed by atoms with van der Waals surface area (Å²) in [7, 11) is -3.21. The van der Waals surface area contributed by atoms with Crippen molar-refractivity contribution in [2.24, 2.45) is 0 Å². The van der Waals surface area contributed by atoms with Crippen LogP contribution in [-0.4, -0.2) is 36.7 Å². The maximum atomic E-state index is 11.4. The van der Waals surface area contributed by atoms with Gasteiger partial charge in [-0.25, -0.2) is 23.1 Å². The number of rotatable bonds is 4. The number of halogens is 1. The largest absolute Gasteiger partial charge is 0.364 e. The third-order valence-corrected chi connectivity index (χ3v) is 4.13. The van der Waals surface area contributed by atoms with E-state index in [4.69, 9.17) is 11.6 Å². The molecule has 0 saturated heterocycles. The van der Waals surface area contributed by atoms with E-state index in [0.717, 1.165) is 25.7 Å². The molecule has 0 amide bonds. The Morgan fingerprint density at radius 2 is 2.00 bits per heavy atom. The minimum atomic E-state index is -3.21. The summed E-state index contributed by atoms with van der Waals surface area (Å²) in [5.74, 6) is 0.545. The van der Waals surface area contributed by atoms with Crippen LogP contribution in [0.4, 0.5) is 5.82 Å². The first kappa shape index (κ1) is 14.5. The molecular formula is C11H17ClN4O2S. The maximum Gasteiger partial charge on any atom is 0.209 e. The van der Waals surface area contributed by atoms with Crippen molar-refractivity contribution in [3.63, 3.8) is 0 Å². The third-order valence-electron chi connectivity index (χ3n) is 3.12. The Balaban J connectivity index is 2.10. The van der Waals surface area contributed by atoms with Crippen LogP contribution in [0.2, 0.25) is 5.02 Å². The van der Waals surface area contributed by atoms with E-state index in [2.05, 4.69) is 20.0 Å². The van der Waals surface area contributed by atoms with Gasteiger partial charge in [0.1, 0.15) is 17.2 Å². The van der Waals surface area contributed by atoms with Gasteiger partial charge in [-0.3, -0.25) is 0 Å². The number of nitrogens with one attached hydrogen (secondary N) is 2. The first-order valence-corrected chi connectivity index (χ1v) is 8.42. The van der Waals surface area contributed by atoms with Gasteiger partial charge in [-0.15, -0.1) is 0 Å². The zero-order valence-corrected chi connectivity index (χ0v) is 12.2. The Morgan fingerprint density at radius 3 is 2.63 bits per heavy atom. The molecule has 0 radical (unpaired) electrons. The Bertz CT molecular complexity index is 537.